The monoisotopic (exact) mass is 404 g/mol. The van der Waals surface area contributed by atoms with E-state index in [-0.39, 0.29) is 5.41 Å². The quantitative estimate of drug-likeness (QED) is 0.574. The lowest BCUT2D eigenvalue weighted by Crippen LogP contribution is -2.42. The van der Waals surface area contributed by atoms with Gasteiger partial charge in [0, 0.05) is 41.2 Å². The molecule has 0 atom stereocenters. The van der Waals surface area contributed by atoms with E-state index in [0.717, 1.165) is 36.2 Å². The summed E-state index contributed by atoms with van der Waals surface area (Å²) in [5.41, 5.74) is 3.82. The average Bonchev–Trinajstić information content (AvgIpc) is 3.53. The Hall–Kier alpha value is -2.59. The predicted octanol–water partition coefficient (Wildman–Crippen LogP) is 6.05. The predicted molar refractivity (Wildman–Crippen MR) is 119 cm³/mol. The van der Waals surface area contributed by atoms with Gasteiger partial charge in [-0.2, -0.15) is 0 Å². The number of nitrogens with zero attached hydrogens (tertiary/aromatic N) is 3. The minimum atomic E-state index is 0.0695. The molecule has 1 aliphatic carbocycles. The molecule has 0 radical (unpaired) electrons. The van der Waals surface area contributed by atoms with Crippen LogP contribution < -0.4 is 10.2 Å². The number of halogens is 1. The molecule has 0 amide bonds. The summed E-state index contributed by atoms with van der Waals surface area (Å²) in [6.45, 7) is 6.43. The fourth-order valence-electron chi connectivity index (χ4n) is 4.22. The number of nitrogens with one attached hydrogen (secondary N) is 1. The van der Waals surface area contributed by atoms with E-state index in [4.69, 9.17) is 21.6 Å². The van der Waals surface area contributed by atoms with Crippen molar-refractivity contribution in [3.8, 4) is 0 Å². The Morgan fingerprint density at radius 3 is 2.66 bits per heavy atom. The van der Waals surface area contributed by atoms with Crippen molar-refractivity contribution >= 4 is 28.9 Å². The maximum Gasteiger partial charge on any atom is 0.136 e. The van der Waals surface area contributed by atoms with Crippen molar-refractivity contribution in [3.05, 3.63) is 76.6 Å². The van der Waals surface area contributed by atoms with Gasteiger partial charge < -0.3 is 10.2 Å². The molecular formula is C24H25ClN4. The standard InChI is InChI=1S/C24H25ClN4/c1-24(2)15-29(14-17-6-3-4-9-20(17)24)22-13-21(27-23(28-22)16-10-11-16)26-19-8-5-7-18(25)12-19/h3-9,12-13,16H,10-11,14-15H2,1-2H3,(H,26,27,28). The summed E-state index contributed by atoms with van der Waals surface area (Å²) in [5.74, 6) is 3.26. The number of rotatable bonds is 4. The Morgan fingerprint density at radius 1 is 1.03 bits per heavy atom. The summed E-state index contributed by atoms with van der Waals surface area (Å²) in [6, 6.07) is 18.6. The van der Waals surface area contributed by atoms with Crippen LogP contribution in [0, 0.1) is 0 Å². The van der Waals surface area contributed by atoms with Crippen LogP contribution in [0.25, 0.3) is 0 Å². The Bertz CT molecular complexity index is 1060. The number of hydrogen-bond acceptors (Lipinski definition) is 4. The number of benzene rings is 2. The molecule has 0 spiro atoms. The van der Waals surface area contributed by atoms with Crippen LogP contribution in [0.2, 0.25) is 5.02 Å². The van der Waals surface area contributed by atoms with Crippen molar-refractivity contribution in [2.45, 2.75) is 44.6 Å². The lowest BCUT2D eigenvalue weighted by molar-refractivity contribution is 0.474. The Morgan fingerprint density at radius 2 is 1.86 bits per heavy atom. The average molecular weight is 405 g/mol. The van der Waals surface area contributed by atoms with Crippen LogP contribution in [0.15, 0.2) is 54.6 Å². The van der Waals surface area contributed by atoms with Crippen LogP contribution in [-0.2, 0) is 12.0 Å². The van der Waals surface area contributed by atoms with Crippen LogP contribution in [0.3, 0.4) is 0 Å². The number of aromatic nitrogens is 2. The molecule has 2 aliphatic rings. The first-order valence-electron chi connectivity index (χ1n) is 10.2. The molecule has 29 heavy (non-hydrogen) atoms. The molecule has 0 saturated heterocycles. The van der Waals surface area contributed by atoms with Gasteiger partial charge in [0.25, 0.3) is 0 Å². The summed E-state index contributed by atoms with van der Waals surface area (Å²) >= 11 is 6.15. The van der Waals surface area contributed by atoms with E-state index < -0.39 is 0 Å². The minimum absolute atomic E-state index is 0.0695. The topological polar surface area (TPSA) is 41.0 Å². The third kappa shape index (κ3) is 3.82. The summed E-state index contributed by atoms with van der Waals surface area (Å²) in [5, 5.41) is 4.13. The first-order valence-corrected chi connectivity index (χ1v) is 10.6. The number of fused-ring (bicyclic) bond motifs is 1. The van der Waals surface area contributed by atoms with Crippen LogP contribution in [0.5, 0.6) is 0 Å². The van der Waals surface area contributed by atoms with Crippen molar-refractivity contribution in [2.75, 3.05) is 16.8 Å². The molecule has 0 unspecified atom stereocenters. The largest absolute Gasteiger partial charge is 0.351 e. The van der Waals surface area contributed by atoms with Gasteiger partial charge in [-0.05, 0) is 42.2 Å². The fraction of sp³-hybridized carbons (Fsp3) is 0.333. The third-order valence-electron chi connectivity index (χ3n) is 5.79. The van der Waals surface area contributed by atoms with Gasteiger partial charge in [0.2, 0.25) is 0 Å². The molecule has 148 valence electrons. The van der Waals surface area contributed by atoms with E-state index in [2.05, 4.69) is 54.4 Å². The van der Waals surface area contributed by atoms with E-state index in [1.165, 1.54) is 24.0 Å². The number of hydrogen-bond donors (Lipinski definition) is 1. The molecular weight excluding hydrogens is 380 g/mol. The molecule has 1 saturated carbocycles. The van der Waals surface area contributed by atoms with Crippen LogP contribution >= 0.6 is 11.6 Å². The van der Waals surface area contributed by atoms with E-state index >= 15 is 0 Å². The first-order chi connectivity index (χ1) is 14.0. The van der Waals surface area contributed by atoms with Gasteiger partial charge in [-0.1, -0.05) is 55.8 Å². The second-order valence-corrected chi connectivity index (χ2v) is 9.21. The van der Waals surface area contributed by atoms with Gasteiger partial charge in [-0.25, -0.2) is 9.97 Å². The lowest BCUT2D eigenvalue weighted by atomic mass is 9.78. The van der Waals surface area contributed by atoms with Crippen LogP contribution in [0.1, 0.15) is 49.6 Å². The first kappa shape index (κ1) is 18.4. The molecule has 0 bridgehead atoms. The highest BCUT2D eigenvalue weighted by molar-refractivity contribution is 6.30. The third-order valence-corrected chi connectivity index (χ3v) is 6.02. The summed E-state index contributed by atoms with van der Waals surface area (Å²) < 4.78 is 0. The molecule has 1 aliphatic heterocycles. The summed E-state index contributed by atoms with van der Waals surface area (Å²) in [6.07, 6.45) is 2.35. The lowest BCUT2D eigenvalue weighted by Gasteiger charge is -2.40. The van der Waals surface area contributed by atoms with Gasteiger partial charge in [-0.3, -0.25) is 0 Å². The highest BCUT2D eigenvalue weighted by Gasteiger charge is 2.33. The zero-order valence-electron chi connectivity index (χ0n) is 16.8. The summed E-state index contributed by atoms with van der Waals surface area (Å²) in [7, 11) is 0. The van der Waals surface area contributed by atoms with Crippen LogP contribution in [-0.4, -0.2) is 16.5 Å². The Labute approximate surface area is 177 Å². The van der Waals surface area contributed by atoms with E-state index in [9.17, 15) is 0 Å². The van der Waals surface area contributed by atoms with Gasteiger partial charge in [0.15, 0.2) is 0 Å². The van der Waals surface area contributed by atoms with Gasteiger partial charge in [-0.15, -0.1) is 0 Å². The molecule has 1 aromatic heterocycles. The smallest absolute Gasteiger partial charge is 0.136 e. The molecule has 1 fully saturated rings. The molecule has 1 N–H and O–H groups in total. The second kappa shape index (κ2) is 7.03. The molecule has 3 aromatic rings. The molecule has 5 rings (SSSR count). The van der Waals surface area contributed by atoms with E-state index in [0.29, 0.717) is 10.9 Å². The highest BCUT2D eigenvalue weighted by atomic mass is 35.5. The molecule has 2 heterocycles. The summed E-state index contributed by atoms with van der Waals surface area (Å²) in [4.78, 5) is 12.2. The molecule has 4 nitrogen and oxygen atoms in total. The zero-order valence-corrected chi connectivity index (χ0v) is 17.6. The fourth-order valence-corrected chi connectivity index (χ4v) is 4.41. The van der Waals surface area contributed by atoms with Gasteiger partial charge in [0.05, 0.1) is 0 Å². The highest BCUT2D eigenvalue weighted by Crippen LogP contribution is 2.41. The van der Waals surface area contributed by atoms with Gasteiger partial charge in [0.1, 0.15) is 17.5 Å². The normalized spacial score (nSPS) is 17.7. The molecule has 5 heteroatoms. The Kier molecular flexibility index (Phi) is 4.47. The van der Waals surface area contributed by atoms with E-state index in [1.54, 1.807) is 0 Å². The van der Waals surface area contributed by atoms with E-state index in [1.807, 2.05) is 24.3 Å². The maximum absolute atomic E-state index is 6.15. The van der Waals surface area contributed by atoms with Crippen molar-refractivity contribution in [3.63, 3.8) is 0 Å². The second-order valence-electron chi connectivity index (χ2n) is 8.78. The minimum Gasteiger partial charge on any atom is -0.351 e. The van der Waals surface area contributed by atoms with Crippen molar-refractivity contribution in [1.29, 1.82) is 0 Å². The zero-order chi connectivity index (χ0) is 20.0. The molecule has 2 aromatic carbocycles. The van der Waals surface area contributed by atoms with Gasteiger partial charge >= 0.3 is 0 Å². The van der Waals surface area contributed by atoms with Crippen molar-refractivity contribution < 1.29 is 0 Å². The SMILES string of the molecule is CC1(C)CN(c2cc(Nc3cccc(Cl)c3)nc(C3CC3)n2)Cc2ccccc21. The maximum atomic E-state index is 6.15. The Balaban J connectivity index is 1.51. The van der Waals surface area contributed by atoms with Crippen LogP contribution in [0.4, 0.5) is 17.3 Å². The number of anilines is 3. The van der Waals surface area contributed by atoms with Crippen molar-refractivity contribution in [2.24, 2.45) is 0 Å². The van der Waals surface area contributed by atoms with Crippen molar-refractivity contribution in [1.82, 2.24) is 9.97 Å².